The van der Waals surface area contributed by atoms with E-state index in [0.29, 0.717) is 0 Å². The summed E-state index contributed by atoms with van der Waals surface area (Å²) in [7, 11) is 0. The molecular weight excluding hydrogens is 329 g/mol. The van der Waals surface area contributed by atoms with Gasteiger partial charge in [-0.15, -0.1) is 0 Å². The van der Waals surface area contributed by atoms with Crippen LogP contribution in [0.15, 0.2) is 46.9 Å². The molecule has 1 atom stereocenters. The summed E-state index contributed by atoms with van der Waals surface area (Å²) in [5.41, 5.74) is 3.42. The van der Waals surface area contributed by atoms with Gasteiger partial charge in [0.15, 0.2) is 0 Å². The van der Waals surface area contributed by atoms with Crippen molar-refractivity contribution in [2.75, 3.05) is 6.54 Å². The van der Waals surface area contributed by atoms with Gasteiger partial charge in [0.2, 0.25) is 0 Å². The first-order valence-corrected chi connectivity index (χ1v) is 8.13. The van der Waals surface area contributed by atoms with Gasteiger partial charge in [-0.2, -0.15) is 0 Å². The normalized spacial score (nSPS) is 12.4. The number of aryl methyl sites for hydroxylation is 1. The van der Waals surface area contributed by atoms with Crippen LogP contribution in [0, 0.1) is 12.7 Å². The first kappa shape index (κ1) is 16.2. The van der Waals surface area contributed by atoms with E-state index in [9.17, 15) is 4.39 Å². The topological polar surface area (TPSA) is 12.0 Å². The van der Waals surface area contributed by atoms with Gasteiger partial charge < -0.3 is 5.32 Å². The molecule has 0 radical (unpaired) electrons. The summed E-state index contributed by atoms with van der Waals surface area (Å²) in [6.07, 6.45) is 1.87. The van der Waals surface area contributed by atoms with Crippen molar-refractivity contribution >= 4 is 15.9 Å². The summed E-state index contributed by atoms with van der Waals surface area (Å²) in [6, 6.07) is 13.5. The minimum atomic E-state index is -0.168. The Bertz CT molecular complexity index is 598. The lowest BCUT2D eigenvalue weighted by atomic mass is 9.96. The highest BCUT2D eigenvalue weighted by atomic mass is 79.9. The van der Waals surface area contributed by atoms with Crippen LogP contribution in [0.3, 0.4) is 0 Å². The third-order valence-electron chi connectivity index (χ3n) is 3.63. The van der Waals surface area contributed by atoms with Crippen LogP contribution in [-0.4, -0.2) is 6.54 Å². The number of benzene rings is 2. The number of halogens is 2. The van der Waals surface area contributed by atoms with Crippen LogP contribution in [-0.2, 0) is 6.42 Å². The Labute approximate surface area is 134 Å². The number of hydrogen-bond acceptors (Lipinski definition) is 1. The molecule has 0 spiro atoms. The highest BCUT2D eigenvalue weighted by molar-refractivity contribution is 9.10. The fraction of sp³-hybridized carbons (Fsp3) is 0.333. The SMILES string of the molecule is CCCNC(Cc1cc(F)ccc1C)c1cccc(Br)c1. The molecule has 0 heterocycles. The van der Waals surface area contributed by atoms with E-state index in [2.05, 4.69) is 40.3 Å². The highest BCUT2D eigenvalue weighted by Crippen LogP contribution is 2.23. The summed E-state index contributed by atoms with van der Waals surface area (Å²) < 4.78 is 14.6. The fourth-order valence-corrected chi connectivity index (χ4v) is 2.85. The van der Waals surface area contributed by atoms with Crippen LogP contribution in [0.2, 0.25) is 0 Å². The number of nitrogens with one attached hydrogen (secondary N) is 1. The molecule has 0 saturated heterocycles. The fourth-order valence-electron chi connectivity index (χ4n) is 2.43. The highest BCUT2D eigenvalue weighted by Gasteiger charge is 2.13. The van der Waals surface area contributed by atoms with Crippen molar-refractivity contribution in [1.82, 2.24) is 5.32 Å². The third kappa shape index (κ3) is 4.65. The van der Waals surface area contributed by atoms with Gasteiger partial charge in [0.1, 0.15) is 5.82 Å². The second kappa shape index (κ2) is 7.71. The molecule has 2 aromatic rings. The Morgan fingerprint density at radius 2 is 2.00 bits per heavy atom. The van der Waals surface area contributed by atoms with Gasteiger partial charge in [-0.05, 0) is 67.3 Å². The zero-order valence-corrected chi connectivity index (χ0v) is 14.1. The van der Waals surface area contributed by atoms with Gasteiger partial charge in [-0.25, -0.2) is 4.39 Å². The lowest BCUT2D eigenvalue weighted by molar-refractivity contribution is 0.526. The predicted molar refractivity (Wildman–Crippen MR) is 90.0 cm³/mol. The second-order valence-electron chi connectivity index (χ2n) is 5.34. The molecule has 1 unspecified atom stereocenters. The minimum absolute atomic E-state index is 0.168. The Hall–Kier alpha value is -1.19. The van der Waals surface area contributed by atoms with Crippen molar-refractivity contribution in [2.45, 2.75) is 32.7 Å². The van der Waals surface area contributed by atoms with Gasteiger partial charge in [0, 0.05) is 10.5 Å². The standard InChI is InChI=1S/C18H21BrFN/c1-3-9-21-18(14-5-4-6-16(19)10-14)12-15-11-17(20)8-7-13(15)2/h4-8,10-11,18,21H,3,9,12H2,1-2H3. The molecule has 21 heavy (non-hydrogen) atoms. The van der Waals surface area contributed by atoms with Crippen LogP contribution in [0.25, 0.3) is 0 Å². The van der Waals surface area contributed by atoms with E-state index in [0.717, 1.165) is 35.0 Å². The smallest absolute Gasteiger partial charge is 0.123 e. The lowest BCUT2D eigenvalue weighted by Gasteiger charge is -2.20. The Balaban J connectivity index is 2.25. The van der Waals surface area contributed by atoms with E-state index in [1.54, 1.807) is 6.07 Å². The monoisotopic (exact) mass is 349 g/mol. The molecule has 112 valence electrons. The summed E-state index contributed by atoms with van der Waals surface area (Å²) in [6.45, 7) is 5.14. The van der Waals surface area contributed by atoms with Crippen molar-refractivity contribution in [3.8, 4) is 0 Å². The van der Waals surface area contributed by atoms with E-state index in [1.165, 1.54) is 11.6 Å². The van der Waals surface area contributed by atoms with Crippen molar-refractivity contribution in [3.05, 3.63) is 69.4 Å². The van der Waals surface area contributed by atoms with Gasteiger partial charge in [-0.3, -0.25) is 0 Å². The molecule has 1 nitrogen and oxygen atoms in total. The average Bonchev–Trinajstić information content (AvgIpc) is 2.47. The van der Waals surface area contributed by atoms with E-state index in [1.807, 2.05) is 25.1 Å². The molecule has 0 aliphatic carbocycles. The predicted octanol–water partition coefficient (Wildman–Crippen LogP) is 5.18. The molecule has 3 heteroatoms. The molecule has 1 N–H and O–H groups in total. The molecule has 0 fully saturated rings. The average molecular weight is 350 g/mol. The second-order valence-corrected chi connectivity index (χ2v) is 6.25. The minimum Gasteiger partial charge on any atom is -0.310 e. The van der Waals surface area contributed by atoms with Gasteiger partial charge in [0.05, 0.1) is 0 Å². The molecule has 0 amide bonds. The first-order valence-electron chi connectivity index (χ1n) is 7.34. The molecular formula is C18H21BrFN. The van der Waals surface area contributed by atoms with Crippen molar-refractivity contribution < 1.29 is 4.39 Å². The Kier molecular flexibility index (Phi) is 5.95. The van der Waals surface area contributed by atoms with Gasteiger partial charge >= 0.3 is 0 Å². The molecule has 2 aromatic carbocycles. The van der Waals surface area contributed by atoms with E-state index in [4.69, 9.17) is 0 Å². The molecule has 0 aliphatic rings. The molecule has 0 bridgehead atoms. The zero-order valence-electron chi connectivity index (χ0n) is 12.5. The van der Waals surface area contributed by atoms with Crippen LogP contribution < -0.4 is 5.32 Å². The molecule has 2 rings (SSSR count). The van der Waals surface area contributed by atoms with Crippen LogP contribution in [0.4, 0.5) is 4.39 Å². The van der Waals surface area contributed by atoms with Gasteiger partial charge in [0.25, 0.3) is 0 Å². The largest absolute Gasteiger partial charge is 0.310 e. The maximum Gasteiger partial charge on any atom is 0.123 e. The third-order valence-corrected chi connectivity index (χ3v) is 4.12. The van der Waals surface area contributed by atoms with E-state index >= 15 is 0 Å². The van der Waals surface area contributed by atoms with E-state index < -0.39 is 0 Å². The van der Waals surface area contributed by atoms with Gasteiger partial charge in [-0.1, -0.05) is 41.1 Å². The van der Waals surface area contributed by atoms with Crippen LogP contribution in [0.1, 0.15) is 36.1 Å². The molecule has 0 saturated carbocycles. The summed E-state index contributed by atoms with van der Waals surface area (Å²) in [5.74, 6) is -0.168. The van der Waals surface area contributed by atoms with Crippen LogP contribution in [0.5, 0.6) is 0 Å². The Morgan fingerprint density at radius 1 is 1.19 bits per heavy atom. The van der Waals surface area contributed by atoms with E-state index in [-0.39, 0.29) is 11.9 Å². The van der Waals surface area contributed by atoms with Crippen molar-refractivity contribution in [2.24, 2.45) is 0 Å². The Morgan fingerprint density at radius 3 is 2.71 bits per heavy atom. The molecule has 0 aliphatic heterocycles. The molecule has 0 aromatic heterocycles. The first-order chi connectivity index (χ1) is 10.1. The maximum absolute atomic E-state index is 13.5. The number of rotatable bonds is 6. The summed E-state index contributed by atoms with van der Waals surface area (Å²) in [4.78, 5) is 0. The maximum atomic E-state index is 13.5. The quantitative estimate of drug-likeness (QED) is 0.757. The van der Waals surface area contributed by atoms with Crippen molar-refractivity contribution in [3.63, 3.8) is 0 Å². The lowest BCUT2D eigenvalue weighted by Crippen LogP contribution is -2.24. The number of hydrogen-bond donors (Lipinski definition) is 1. The zero-order chi connectivity index (χ0) is 15.2. The van der Waals surface area contributed by atoms with Crippen molar-refractivity contribution in [1.29, 1.82) is 0 Å². The summed E-state index contributed by atoms with van der Waals surface area (Å²) in [5, 5.41) is 3.56. The summed E-state index contributed by atoms with van der Waals surface area (Å²) >= 11 is 3.52. The van der Waals surface area contributed by atoms with Crippen LogP contribution >= 0.6 is 15.9 Å².